The van der Waals surface area contributed by atoms with Gasteiger partial charge in [0.2, 0.25) is 0 Å². The molecule has 3 aromatic carbocycles. The minimum absolute atomic E-state index is 0.314. The van der Waals surface area contributed by atoms with Gasteiger partial charge in [-0.15, -0.1) is 5.10 Å². The van der Waals surface area contributed by atoms with Crippen LogP contribution in [0.2, 0.25) is 0 Å². The third kappa shape index (κ3) is 5.39. The maximum Gasteiger partial charge on any atom is 0.352 e. The van der Waals surface area contributed by atoms with Gasteiger partial charge in [-0.25, -0.2) is 4.79 Å². The lowest BCUT2D eigenvalue weighted by atomic mass is 10.0. The molecule has 0 aliphatic heterocycles. The second kappa shape index (κ2) is 10.2. The van der Waals surface area contributed by atoms with Crippen molar-refractivity contribution in [2.24, 2.45) is 5.92 Å². The van der Waals surface area contributed by atoms with Crippen molar-refractivity contribution in [2.45, 2.75) is 39.4 Å². The number of fused-ring (bicyclic) bond motifs is 1. The van der Waals surface area contributed by atoms with Crippen LogP contribution in [0.1, 0.15) is 31.4 Å². The molecule has 0 N–H and O–H groups in total. The van der Waals surface area contributed by atoms with Crippen molar-refractivity contribution in [3.05, 3.63) is 96.1 Å². The Hall–Kier alpha value is -3.51. The fraction of sp³-hybridized carbons (Fsp3) is 0.269. The molecule has 0 saturated carbocycles. The molecular weight excluding hydrogens is 400 g/mol. The van der Waals surface area contributed by atoms with E-state index in [0.29, 0.717) is 36.5 Å². The number of aromatic nitrogens is 3. The summed E-state index contributed by atoms with van der Waals surface area (Å²) in [5.41, 5.74) is 3.65. The second-order valence-electron chi connectivity index (χ2n) is 8.38. The van der Waals surface area contributed by atoms with E-state index in [1.807, 2.05) is 60.7 Å². The van der Waals surface area contributed by atoms with Crippen LogP contribution >= 0.6 is 0 Å². The molecule has 0 unspecified atom stereocenters. The number of carbonyl (C=O) groups is 1. The monoisotopic (exact) mass is 428 g/mol. The van der Waals surface area contributed by atoms with E-state index >= 15 is 0 Å². The quantitative estimate of drug-likeness (QED) is 0.367. The molecule has 1 aromatic heterocycles. The van der Waals surface area contributed by atoms with Crippen molar-refractivity contribution >= 4 is 17.0 Å². The molecule has 1 atom stereocenters. The molecule has 0 bridgehead atoms. The first kappa shape index (κ1) is 21.7. The van der Waals surface area contributed by atoms with E-state index < -0.39 is 6.04 Å². The number of carbonyl (C=O) groups excluding carboxylic acids is 1. The van der Waals surface area contributed by atoms with Gasteiger partial charge in [0, 0.05) is 13.1 Å². The fourth-order valence-electron chi connectivity index (χ4n) is 3.81. The summed E-state index contributed by atoms with van der Waals surface area (Å²) in [5.74, 6) is -0.0182. The zero-order chi connectivity index (χ0) is 22.3. The van der Waals surface area contributed by atoms with Crippen LogP contribution in [0.25, 0.3) is 11.0 Å². The van der Waals surface area contributed by atoms with E-state index in [4.69, 9.17) is 4.84 Å². The van der Waals surface area contributed by atoms with Gasteiger partial charge in [0.15, 0.2) is 0 Å². The van der Waals surface area contributed by atoms with E-state index in [-0.39, 0.29) is 5.97 Å². The Kier molecular flexibility index (Phi) is 6.92. The largest absolute Gasteiger partial charge is 0.352 e. The molecule has 4 aromatic rings. The topological polar surface area (TPSA) is 60.3 Å². The standard InChI is InChI=1S/C26H28N4O2/c1-20(2)17-25(26(31)32-30-24-16-10-9-15-23(24)27-28-30)29(18-21-11-5-3-6-12-21)19-22-13-7-4-8-14-22/h3-16,20,25H,17-19H2,1-2H3/t25-/m0/s1. The maximum absolute atomic E-state index is 13.5. The van der Waals surface area contributed by atoms with Crippen LogP contribution in [0.3, 0.4) is 0 Å². The van der Waals surface area contributed by atoms with Crippen molar-refractivity contribution in [1.29, 1.82) is 0 Å². The molecule has 164 valence electrons. The highest BCUT2D eigenvalue weighted by Gasteiger charge is 2.30. The Labute approximate surface area is 188 Å². The molecule has 1 heterocycles. The Morgan fingerprint density at radius 1 is 0.875 bits per heavy atom. The molecule has 0 aliphatic carbocycles. The zero-order valence-corrected chi connectivity index (χ0v) is 18.5. The van der Waals surface area contributed by atoms with Crippen molar-refractivity contribution in [3.8, 4) is 0 Å². The van der Waals surface area contributed by atoms with Crippen molar-refractivity contribution in [2.75, 3.05) is 0 Å². The lowest BCUT2D eigenvalue weighted by molar-refractivity contribution is -0.153. The maximum atomic E-state index is 13.5. The summed E-state index contributed by atoms with van der Waals surface area (Å²) in [6.07, 6.45) is 0.672. The lowest BCUT2D eigenvalue weighted by Gasteiger charge is -2.31. The molecule has 0 aliphatic rings. The van der Waals surface area contributed by atoms with E-state index in [1.54, 1.807) is 0 Å². The predicted molar refractivity (Wildman–Crippen MR) is 124 cm³/mol. The number of para-hydroxylation sites is 1. The van der Waals surface area contributed by atoms with E-state index in [2.05, 4.69) is 53.3 Å². The van der Waals surface area contributed by atoms with Crippen LogP contribution in [-0.4, -0.2) is 32.1 Å². The lowest BCUT2D eigenvalue weighted by Crippen LogP contribution is -2.45. The van der Waals surface area contributed by atoms with Crippen LogP contribution in [0.5, 0.6) is 0 Å². The first-order chi connectivity index (χ1) is 15.6. The summed E-state index contributed by atoms with van der Waals surface area (Å²) in [5, 5.41) is 8.12. The number of hydrogen-bond donors (Lipinski definition) is 0. The summed E-state index contributed by atoms with van der Waals surface area (Å²) in [6.45, 7) is 5.52. The van der Waals surface area contributed by atoms with Crippen LogP contribution in [0.4, 0.5) is 0 Å². The number of benzene rings is 3. The van der Waals surface area contributed by atoms with Gasteiger partial charge in [0.05, 0.1) is 0 Å². The zero-order valence-electron chi connectivity index (χ0n) is 18.5. The highest BCUT2D eigenvalue weighted by atomic mass is 16.7. The molecular formula is C26H28N4O2. The van der Waals surface area contributed by atoms with Crippen molar-refractivity contribution in [3.63, 3.8) is 0 Å². The van der Waals surface area contributed by atoms with E-state index in [0.717, 1.165) is 11.1 Å². The average Bonchev–Trinajstić information content (AvgIpc) is 3.21. The van der Waals surface area contributed by atoms with Crippen LogP contribution < -0.4 is 4.84 Å². The third-order valence-electron chi connectivity index (χ3n) is 5.36. The number of rotatable bonds is 9. The number of hydrogen-bond acceptors (Lipinski definition) is 5. The van der Waals surface area contributed by atoms with E-state index in [9.17, 15) is 4.79 Å². The Morgan fingerprint density at radius 3 is 2.03 bits per heavy atom. The molecule has 0 amide bonds. The highest BCUT2D eigenvalue weighted by molar-refractivity contribution is 5.78. The minimum Gasteiger partial charge on any atom is -0.315 e. The van der Waals surface area contributed by atoms with Crippen molar-refractivity contribution < 1.29 is 9.63 Å². The molecule has 0 radical (unpaired) electrons. The predicted octanol–water partition coefficient (Wildman–Crippen LogP) is 4.50. The molecule has 0 spiro atoms. The smallest absolute Gasteiger partial charge is 0.315 e. The Balaban J connectivity index is 1.63. The van der Waals surface area contributed by atoms with Crippen LogP contribution in [0, 0.1) is 5.92 Å². The Bertz CT molecular complexity index is 1100. The second-order valence-corrected chi connectivity index (χ2v) is 8.38. The average molecular weight is 429 g/mol. The van der Waals surface area contributed by atoms with Gasteiger partial charge in [-0.05, 0) is 40.8 Å². The fourth-order valence-corrected chi connectivity index (χ4v) is 3.81. The normalized spacial score (nSPS) is 12.4. The Morgan fingerprint density at radius 2 is 1.44 bits per heavy atom. The molecule has 6 nitrogen and oxygen atoms in total. The highest BCUT2D eigenvalue weighted by Crippen LogP contribution is 2.20. The first-order valence-electron chi connectivity index (χ1n) is 10.9. The van der Waals surface area contributed by atoms with Gasteiger partial charge in [-0.2, -0.15) is 0 Å². The van der Waals surface area contributed by atoms with Gasteiger partial charge < -0.3 is 4.84 Å². The van der Waals surface area contributed by atoms with E-state index in [1.165, 1.54) is 4.85 Å². The first-order valence-corrected chi connectivity index (χ1v) is 10.9. The summed E-state index contributed by atoms with van der Waals surface area (Å²) in [4.78, 5) is 22.6. The van der Waals surface area contributed by atoms with Gasteiger partial charge in [-0.3, -0.25) is 4.90 Å². The minimum atomic E-state index is -0.432. The van der Waals surface area contributed by atoms with Crippen molar-refractivity contribution in [1.82, 2.24) is 20.1 Å². The molecule has 32 heavy (non-hydrogen) atoms. The summed E-state index contributed by atoms with van der Waals surface area (Å²) >= 11 is 0. The SMILES string of the molecule is CC(C)C[C@@H](C(=O)On1nnc2ccccc21)N(Cc1ccccc1)Cc1ccccc1. The molecule has 0 saturated heterocycles. The van der Waals surface area contributed by atoms with Crippen LogP contribution in [0.15, 0.2) is 84.9 Å². The number of nitrogens with zero attached hydrogens (tertiary/aromatic N) is 4. The third-order valence-corrected chi connectivity index (χ3v) is 5.36. The van der Waals surface area contributed by atoms with Gasteiger partial charge in [0.25, 0.3) is 0 Å². The molecule has 4 rings (SSSR count). The summed E-state index contributed by atoms with van der Waals surface area (Å²) < 4.78 is 0. The molecule has 0 fully saturated rings. The van der Waals surface area contributed by atoms with Crippen LogP contribution in [-0.2, 0) is 17.9 Å². The van der Waals surface area contributed by atoms with Gasteiger partial charge in [-0.1, -0.05) is 91.5 Å². The molecule has 6 heteroatoms. The summed E-state index contributed by atoms with van der Waals surface area (Å²) in [6, 6.07) is 27.4. The van der Waals surface area contributed by atoms with Gasteiger partial charge in [0.1, 0.15) is 17.1 Å². The van der Waals surface area contributed by atoms with Gasteiger partial charge >= 0.3 is 5.97 Å². The summed E-state index contributed by atoms with van der Waals surface area (Å²) in [7, 11) is 0.